The van der Waals surface area contributed by atoms with Crippen molar-refractivity contribution in [2.24, 2.45) is 5.73 Å². The molecule has 18 heavy (non-hydrogen) atoms. The van der Waals surface area contributed by atoms with Crippen molar-refractivity contribution in [3.8, 4) is 11.5 Å². The van der Waals surface area contributed by atoms with Crippen LogP contribution in [0.1, 0.15) is 24.8 Å². The van der Waals surface area contributed by atoms with E-state index in [1.807, 2.05) is 18.2 Å². The molecule has 0 saturated heterocycles. The zero-order chi connectivity index (χ0) is 12.6. The molecule has 0 fully saturated rings. The lowest BCUT2D eigenvalue weighted by Crippen LogP contribution is -2.15. The van der Waals surface area contributed by atoms with Crippen molar-refractivity contribution in [1.29, 1.82) is 0 Å². The first-order chi connectivity index (χ1) is 8.90. The molecule has 0 bridgehead atoms. The summed E-state index contributed by atoms with van der Waals surface area (Å²) >= 11 is 0. The van der Waals surface area contributed by atoms with Crippen LogP contribution in [0.5, 0.6) is 11.5 Å². The molecular formula is C14H21NO3. The molecule has 0 unspecified atom stereocenters. The molecule has 0 aromatic heterocycles. The molecule has 100 valence electrons. The van der Waals surface area contributed by atoms with Gasteiger partial charge in [0.15, 0.2) is 11.5 Å². The molecule has 1 aromatic rings. The standard InChI is InChI=1S/C14H21NO3/c15-6-2-1-3-7-16-11-12-4-5-13-14(10-12)18-9-8-17-13/h4-5,10H,1-3,6-9,11,15H2. The van der Waals surface area contributed by atoms with Crippen LogP contribution in [0.2, 0.25) is 0 Å². The van der Waals surface area contributed by atoms with E-state index in [0.717, 1.165) is 49.5 Å². The van der Waals surface area contributed by atoms with E-state index in [9.17, 15) is 0 Å². The molecule has 1 aromatic carbocycles. The van der Waals surface area contributed by atoms with Gasteiger partial charge >= 0.3 is 0 Å². The highest BCUT2D eigenvalue weighted by molar-refractivity contribution is 5.43. The molecule has 1 heterocycles. The van der Waals surface area contributed by atoms with Crippen LogP contribution in [-0.4, -0.2) is 26.4 Å². The molecule has 0 saturated carbocycles. The number of ether oxygens (including phenoxy) is 3. The SMILES string of the molecule is NCCCCCOCc1ccc2c(c1)OCCO2. The molecule has 1 aliphatic heterocycles. The lowest BCUT2D eigenvalue weighted by molar-refractivity contribution is 0.116. The smallest absolute Gasteiger partial charge is 0.161 e. The Labute approximate surface area is 108 Å². The Kier molecular flexibility index (Phi) is 5.30. The van der Waals surface area contributed by atoms with Gasteiger partial charge in [0.05, 0.1) is 6.61 Å². The third-order valence-electron chi connectivity index (χ3n) is 2.87. The van der Waals surface area contributed by atoms with Crippen LogP contribution in [0.25, 0.3) is 0 Å². The van der Waals surface area contributed by atoms with Gasteiger partial charge in [0, 0.05) is 6.61 Å². The molecule has 0 spiro atoms. The van der Waals surface area contributed by atoms with Gasteiger partial charge in [0.25, 0.3) is 0 Å². The van der Waals surface area contributed by atoms with Gasteiger partial charge in [-0.05, 0) is 43.5 Å². The summed E-state index contributed by atoms with van der Waals surface area (Å²) in [5, 5.41) is 0. The minimum absolute atomic E-state index is 0.621. The number of hydrogen-bond donors (Lipinski definition) is 1. The first kappa shape index (κ1) is 13.2. The molecule has 1 aliphatic rings. The van der Waals surface area contributed by atoms with Crippen LogP contribution < -0.4 is 15.2 Å². The van der Waals surface area contributed by atoms with Crippen molar-refractivity contribution in [2.45, 2.75) is 25.9 Å². The van der Waals surface area contributed by atoms with Gasteiger partial charge in [-0.1, -0.05) is 6.07 Å². The van der Waals surface area contributed by atoms with E-state index < -0.39 is 0 Å². The lowest BCUT2D eigenvalue weighted by atomic mass is 10.2. The summed E-state index contributed by atoms with van der Waals surface area (Å²) in [5.74, 6) is 1.65. The summed E-state index contributed by atoms with van der Waals surface area (Å²) < 4.78 is 16.6. The number of hydrogen-bond acceptors (Lipinski definition) is 4. The largest absolute Gasteiger partial charge is 0.486 e. The summed E-state index contributed by atoms with van der Waals surface area (Å²) in [6, 6.07) is 5.96. The van der Waals surface area contributed by atoms with Gasteiger partial charge in [0.2, 0.25) is 0 Å². The van der Waals surface area contributed by atoms with Crippen LogP contribution in [0.3, 0.4) is 0 Å². The zero-order valence-electron chi connectivity index (χ0n) is 10.7. The van der Waals surface area contributed by atoms with E-state index in [1.54, 1.807) is 0 Å². The lowest BCUT2D eigenvalue weighted by Gasteiger charge is -2.18. The third-order valence-corrected chi connectivity index (χ3v) is 2.87. The van der Waals surface area contributed by atoms with E-state index in [2.05, 4.69) is 0 Å². The van der Waals surface area contributed by atoms with Crippen molar-refractivity contribution < 1.29 is 14.2 Å². The fourth-order valence-corrected chi connectivity index (χ4v) is 1.89. The Morgan fingerprint density at radius 3 is 2.72 bits per heavy atom. The van der Waals surface area contributed by atoms with E-state index in [4.69, 9.17) is 19.9 Å². The minimum atomic E-state index is 0.621. The van der Waals surface area contributed by atoms with Crippen molar-refractivity contribution in [3.05, 3.63) is 23.8 Å². The van der Waals surface area contributed by atoms with Crippen molar-refractivity contribution >= 4 is 0 Å². The van der Waals surface area contributed by atoms with E-state index in [0.29, 0.717) is 19.8 Å². The highest BCUT2D eigenvalue weighted by Gasteiger charge is 2.11. The highest BCUT2D eigenvalue weighted by Crippen LogP contribution is 2.30. The topological polar surface area (TPSA) is 53.7 Å². The Morgan fingerprint density at radius 1 is 1.06 bits per heavy atom. The molecule has 4 heteroatoms. The first-order valence-electron chi connectivity index (χ1n) is 6.56. The minimum Gasteiger partial charge on any atom is -0.486 e. The Morgan fingerprint density at radius 2 is 1.89 bits per heavy atom. The number of fused-ring (bicyclic) bond motifs is 1. The van der Waals surface area contributed by atoms with Crippen LogP contribution >= 0.6 is 0 Å². The van der Waals surface area contributed by atoms with E-state index >= 15 is 0 Å². The van der Waals surface area contributed by atoms with Crippen molar-refractivity contribution in [3.63, 3.8) is 0 Å². The average molecular weight is 251 g/mol. The average Bonchev–Trinajstić information content (AvgIpc) is 2.42. The van der Waals surface area contributed by atoms with E-state index in [1.165, 1.54) is 0 Å². The summed E-state index contributed by atoms with van der Waals surface area (Å²) in [6.07, 6.45) is 3.28. The van der Waals surface area contributed by atoms with Gasteiger partial charge < -0.3 is 19.9 Å². The van der Waals surface area contributed by atoms with Crippen molar-refractivity contribution in [2.75, 3.05) is 26.4 Å². The van der Waals surface area contributed by atoms with Gasteiger partial charge in [-0.15, -0.1) is 0 Å². The maximum absolute atomic E-state index is 5.62. The molecule has 0 amide bonds. The molecule has 0 aliphatic carbocycles. The molecular weight excluding hydrogens is 230 g/mol. The normalized spacial score (nSPS) is 13.6. The number of benzene rings is 1. The molecule has 0 atom stereocenters. The van der Waals surface area contributed by atoms with Crippen LogP contribution in [-0.2, 0) is 11.3 Å². The van der Waals surface area contributed by atoms with Gasteiger partial charge in [0.1, 0.15) is 13.2 Å². The maximum atomic E-state index is 5.62. The molecule has 2 N–H and O–H groups in total. The number of unbranched alkanes of at least 4 members (excludes halogenated alkanes) is 2. The number of rotatable bonds is 7. The maximum Gasteiger partial charge on any atom is 0.161 e. The second-order valence-corrected chi connectivity index (χ2v) is 4.38. The predicted octanol–water partition coefficient (Wildman–Crippen LogP) is 2.10. The first-order valence-corrected chi connectivity index (χ1v) is 6.56. The summed E-state index contributed by atoms with van der Waals surface area (Å²) in [6.45, 7) is 3.43. The molecule has 4 nitrogen and oxygen atoms in total. The Hall–Kier alpha value is -1.26. The second kappa shape index (κ2) is 7.24. The zero-order valence-corrected chi connectivity index (χ0v) is 10.7. The van der Waals surface area contributed by atoms with Crippen molar-refractivity contribution in [1.82, 2.24) is 0 Å². The number of nitrogens with two attached hydrogens (primary N) is 1. The fourth-order valence-electron chi connectivity index (χ4n) is 1.89. The van der Waals surface area contributed by atoms with Gasteiger partial charge in [-0.3, -0.25) is 0 Å². The van der Waals surface area contributed by atoms with E-state index in [-0.39, 0.29) is 0 Å². The quantitative estimate of drug-likeness (QED) is 0.754. The monoisotopic (exact) mass is 251 g/mol. The Balaban J connectivity index is 1.72. The van der Waals surface area contributed by atoms with Crippen LogP contribution in [0, 0.1) is 0 Å². The molecule has 2 rings (SSSR count). The fraction of sp³-hybridized carbons (Fsp3) is 0.571. The second-order valence-electron chi connectivity index (χ2n) is 4.38. The molecule has 0 radical (unpaired) electrons. The van der Waals surface area contributed by atoms with Crippen LogP contribution in [0.15, 0.2) is 18.2 Å². The highest BCUT2D eigenvalue weighted by atomic mass is 16.6. The summed E-state index contributed by atoms with van der Waals surface area (Å²) in [7, 11) is 0. The van der Waals surface area contributed by atoms with Gasteiger partial charge in [-0.2, -0.15) is 0 Å². The van der Waals surface area contributed by atoms with Gasteiger partial charge in [-0.25, -0.2) is 0 Å². The predicted molar refractivity (Wildman–Crippen MR) is 70.0 cm³/mol. The summed E-state index contributed by atoms with van der Waals surface area (Å²) in [4.78, 5) is 0. The Bertz CT molecular complexity index is 368. The third kappa shape index (κ3) is 3.89. The van der Waals surface area contributed by atoms with Crippen LogP contribution in [0.4, 0.5) is 0 Å². The summed E-state index contributed by atoms with van der Waals surface area (Å²) in [5.41, 5.74) is 6.56.